The number of alkyl halides is 3. The van der Waals surface area contributed by atoms with Crippen molar-refractivity contribution in [1.82, 2.24) is 15.0 Å². The largest absolute Gasteiger partial charge is 0.493 e. The van der Waals surface area contributed by atoms with Gasteiger partial charge in [-0.15, -0.1) is 0 Å². The molecule has 1 aliphatic rings. The summed E-state index contributed by atoms with van der Waals surface area (Å²) in [6.07, 6.45) is -2.55. The van der Waals surface area contributed by atoms with Crippen LogP contribution in [0.15, 0.2) is 47.3 Å². The van der Waals surface area contributed by atoms with Gasteiger partial charge in [-0.05, 0) is 75.1 Å². The molecule has 2 aromatic carbocycles. The Morgan fingerprint density at radius 2 is 1.78 bits per heavy atom. The molecular formula is C27H27ClF3N3O3. The van der Waals surface area contributed by atoms with E-state index in [2.05, 4.69) is 21.9 Å². The van der Waals surface area contributed by atoms with Gasteiger partial charge in [0.2, 0.25) is 0 Å². The van der Waals surface area contributed by atoms with E-state index in [1.165, 1.54) is 0 Å². The van der Waals surface area contributed by atoms with Gasteiger partial charge in [0.05, 0.1) is 11.6 Å². The topological polar surface area (TPSA) is 84.9 Å². The highest BCUT2D eigenvalue weighted by Gasteiger charge is 2.51. The molecule has 10 heteroatoms. The van der Waals surface area contributed by atoms with E-state index in [1.54, 1.807) is 42.5 Å². The number of carbonyl (C=O) groups excluding carboxylic acids is 1. The highest BCUT2D eigenvalue weighted by molar-refractivity contribution is 6.33. The quantitative estimate of drug-likeness (QED) is 0.343. The summed E-state index contributed by atoms with van der Waals surface area (Å²) in [5, 5.41) is 0.281. The second-order valence-corrected chi connectivity index (χ2v) is 10.7. The van der Waals surface area contributed by atoms with E-state index < -0.39 is 23.1 Å². The van der Waals surface area contributed by atoms with Crippen LogP contribution >= 0.6 is 11.6 Å². The third-order valence-electron chi connectivity index (χ3n) is 6.79. The molecule has 196 valence electrons. The molecule has 1 aromatic heterocycles. The number of aromatic amines is 1. The van der Waals surface area contributed by atoms with Crippen LogP contribution in [0, 0.1) is 10.8 Å². The lowest BCUT2D eigenvalue weighted by Gasteiger charge is -2.26. The van der Waals surface area contributed by atoms with E-state index in [0.717, 1.165) is 26.7 Å². The van der Waals surface area contributed by atoms with Crippen LogP contribution in [0.25, 0.3) is 22.8 Å². The molecule has 4 rings (SSSR count). The molecule has 1 aliphatic carbocycles. The van der Waals surface area contributed by atoms with Crippen LogP contribution in [0.1, 0.15) is 45.6 Å². The zero-order valence-electron chi connectivity index (χ0n) is 20.7. The lowest BCUT2D eigenvalue weighted by atomic mass is 9.84. The Bertz CT molecular complexity index is 1360. The van der Waals surface area contributed by atoms with Crippen molar-refractivity contribution in [2.24, 2.45) is 10.8 Å². The first-order valence-electron chi connectivity index (χ1n) is 11.9. The second kappa shape index (κ2) is 9.93. The van der Waals surface area contributed by atoms with E-state index in [4.69, 9.17) is 16.3 Å². The first-order chi connectivity index (χ1) is 17.3. The third kappa shape index (κ3) is 6.21. The summed E-state index contributed by atoms with van der Waals surface area (Å²) < 4.78 is 45.4. The summed E-state index contributed by atoms with van der Waals surface area (Å²) >= 11 is 6.36. The Kier molecular flexibility index (Phi) is 7.21. The van der Waals surface area contributed by atoms with Crippen molar-refractivity contribution in [3.8, 4) is 28.5 Å². The van der Waals surface area contributed by atoms with Gasteiger partial charge in [0.25, 0.3) is 0 Å². The standard InChI is InChI=1S/C27H27ClF3N3O3/c1-25(2,27(29,30)31)21(35)11-5-16-4-10-20(28)19(14-16)23-32-22(33-24(36)34-23)17-6-8-18(9-7-17)37-15-26(3)12-13-26/h4,6-10,14H,5,11-13,15H2,1-3H3,(H,32,33,34,36). The number of aryl methyl sites for hydroxylation is 1. The number of hydrogen-bond donors (Lipinski definition) is 1. The minimum Gasteiger partial charge on any atom is -0.493 e. The van der Waals surface area contributed by atoms with Crippen LogP contribution in [0.2, 0.25) is 5.02 Å². The van der Waals surface area contributed by atoms with Crippen LogP contribution in [-0.4, -0.2) is 33.5 Å². The number of carbonyl (C=O) groups is 1. The van der Waals surface area contributed by atoms with Gasteiger partial charge in [0.1, 0.15) is 22.8 Å². The average molecular weight is 534 g/mol. The molecule has 0 spiro atoms. The van der Waals surface area contributed by atoms with Crippen molar-refractivity contribution in [2.75, 3.05) is 6.61 Å². The first kappa shape index (κ1) is 26.9. The van der Waals surface area contributed by atoms with Gasteiger partial charge in [-0.3, -0.25) is 9.78 Å². The van der Waals surface area contributed by atoms with Crippen molar-refractivity contribution < 1.29 is 22.7 Å². The van der Waals surface area contributed by atoms with Crippen LogP contribution < -0.4 is 10.4 Å². The lowest BCUT2D eigenvalue weighted by molar-refractivity contribution is -0.210. The number of H-pyrrole nitrogens is 1. The molecule has 37 heavy (non-hydrogen) atoms. The molecule has 0 saturated heterocycles. The molecule has 0 radical (unpaired) electrons. The Hall–Kier alpha value is -3.20. The van der Waals surface area contributed by atoms with Crippen molar-refractivity contribution >= 4 is 17.4 Å². The zero-order chi connectivity index (χ0) is 27.0. The molecule has 0 bridgehead atoms. The highest BCUT2D eigenvalue weighted by atomic mass is 35.5. The molecule has 0 atom stereocenters. The number of nitrogens with one attached hydrogen (secondary N) is 1. The van der Waals surface area contributed by atoms with Crippen LogP contribution in [-0.2, 0) is 11.2 Å². The SMILES string of the molecule is CC1(COc2ccc(-c3nc(-c4cc(CCC(=O)C(C)(C)C(F)(F)F)ccc4Cl)[nH]c(=O)n3)cc2)CC1. The number of nitrogens with zero attached hydrogens (tertiary/aromatic N) is 2. The third-order valence-corrected chi connectivity index (χ3v) is 7.12. The number of Topliss-reactive ketones (excluding diaryl/α,β-unsaturated/α-hetero) is 1. The van der Waals surface area contributed by atoms with Gasteiger partial charge in [-0.2, -0.15) is 18.2 Å². The smallest absolute Gasteiger partial charge is 0.400 e. The molecule has 1 saturated carbocycles. The minimum atomic E-state index is -4.63. The molecule has 0 aliphatic heterocycles. The minimum absolute atomic E-state index is 0.0746. The van der Waals surface area contributed by atoms with Gasteiger partial charge in [0.15, 0.2) is 5.82 Å². The number of ether oxygens (including phenoxy) is 1. The van der Waals surface area contributed by atoms with Crippen LogP contribution in [0.3, 0.4) is 0 Å². The van der Waals surface area contributed by atoms with Gasteiger partial charge in [-0.1, -0.05) is 24.6 Å². The molecule has 0 amide bonds. The fourth-order valence-electron chi connectivity index (χ4n) is 3.59. The van der Waals surface area contributed by atoms with Crippen LogP contribution in [0.5, 0.6) is 5.75 Å². The molecule has 1 N–H and O–H groups in total. The van der Waals surface area contributed by atoms with Crippen molar-refractivity contribution in [2.45, 2.75) is 52.6 Å². The maximum atomic E-state index is 13.2. The average Bonchev–Trinajstić information content (AvgIpc) is 3.58. The second-order valence-electron chi connectivity index (χ2n) is 10.3. The summed E-state index contributed by atoms with van der Waals surface area (Å²) in [6, 6.07) is 11.9. The van der Waals surface area contributed by atoms with Gasteiger partial charge in [0, 0.05) is 23.0 Å². The fourth-order valence-corrected chi connectivity index (χ4v) is 3.80. The first-order valence-corrected chi connectivity index (χ1v) is 12.3. The lowest BCUT2D eigenvalue weighted by Crippen LogP contribution is -2.39. The summed E-state index contributed by atoms with van der Waals surface area (Å²) in [6.45, 7) is 4.57. The van der Waals surface area contributed by atoms with E-state index >= 15 is 0 Å². The molecule has 0 unspecified atom stereocenters. The number of aromatic nitrogens is 3. The van der Waals surface area contributed by atoms with Gasteiger partial charge in [-0.25, -0.2) is 9.78 Å². The van der Waals surface area contributed by atoms with Crippen molar-refractivity contribution in [3.05, 3.63) is 63.5 Å². The monoisotopic (exact) mass is 533 g/mol. The van der Waals surface area contributed by atoms with E-state index in [-0.39, 0.29) is 34.9 Å². The molecular weight excluding hydrogens is 507 g/mol. The number of halogens is 4. The molecule has 1 fully saturated rings. The Balaban J connectivity index is 1.54. The normalized spacial score (nSPS) is 14.9. The van der Waals surface area contributed by atoms with Crippen molar-refractivity contribution in [1.29, 1.82) is 0 Å². The summed E-state index contributed by atoms with van der Waals surface area (Å²) in [7, 11) is 0. The molecule has 3 aromatic rings. The van der Waals surface area contributed by atoms with Crippen molar-refractivity contribution in [3.63, 3.8) is 0 Å². The maximum absolute atomic E-state index is 13.2. The number of ketones is 1. The Morgan fingerprint density at radius 3 is 2.41 bits per heavy atom. The predicted octanol–water partition coefficient (Wildman–Crippen LogP) is 6.42. The summed E-state index contributed by atoms with van der Waals surface area (Å²) in [5.41, 5.74) is -1.27. The molecule has 6 nitrogen and oxygen atoms in total. The van der Waals surface area contributed by atoms with E-state index in [0.29, 0.717) is 29.0 Å². The van der Waals surface area contributed by atoms with E-state index in [9.17, 15) is 22.8 Å². The van der Waals surface area contributed by atoms with Gasteiger partial charge >= 0.3 is 11.9 Å². The fraction of sp³-hybridized carbons (Fsp3) is 0.407. The predicted molar refractivity (Wildman–Crippen MR) is 135 cm³/mol. The number of hydrogen-bond acceptors (Lipinski definition) is 5. The maximum Gasteiger partial charge on any atom is 0.400 e. The summed E-state index contributed by atoms with van der Waals surface area (Å²) in [4.78, 5) is 35.6. The van der Waals surface area contributed by atoms with E-state index in [1.807, 2.05) is 0 Å². The number of rotatable bonds is 9. The number of benzene rings is 2. The molecule has 1 heterocycles. The Labute approximate surface area is 217 Å². The zero-order valence-corrected chi connectivity index (χ0v) is 21.5. The summed E-state index contributed by atoms with van der Waals surface area (Å²) in [5.74, 6) is 0.141. The highest BCUT2D eigenvalue weighted by Crippen LogP contribution is 2.45. The van der Waals surface area contributed by atoms with Crippen LogP contribution in [0.4, 0.5) is 13.2 Å². The van der Waals surface area contributed by atoms with Gasteiger partial charge < -0.3 is 4.74 Å². The Morgan fingerprint density at radius 1 is 1.11 bits per heavy atom.